The minimum atomic E-state index is -0.689. The van der Waals surface area contributed by atoms with E-state index in [2.05, 4.69) is 20.2 Å². The molecule has 196 valence electrons. The highest BCUT2D eigenvalue weighted by Crippen LogP contribution is 2.37. The van der Waals surface area contributed by atoms with Gasteiger partial charge in [0, 0.05) is 50.5 Å². The molecule has 0 spiro atoms. The van der Waals surface area contributed by atoms with Crippen molar-refractivity contribution in [2.45, 2.75) is 38.7 Å². The Morgan fingerprint density at radius 3 is 2.84 bits per heavy atom. The molecule has 2 aliphatic rings. The van der Waals surface area contributed by atoms with Crippen molar-refractivity contribution >= 4 is 22.6 Å². The average Bonchev–Trinajstić information content (AvgIpc) is 3.38. The summed E-state index contributed by atoms with van der Waals surface area (Å²) in [6, 6.07) is 7.07. The van der Waals surface area contributed by atoms with E-state index in [0.29, 0.717) is 42.2 Å². The van der Waals surface area contributed by atoms with Gasteiger partial charge in [-0.2, -0.15) is 4.99 Å². The second-order valence-corrected chi connectivity index (χ2v) is 9.43. The fourth-order valence-corrected chi connectivity index (χ4v) is 4.96. The number of amides is 1. The maximum absolute atomic E-state index is 12.8. The Kier molecular flexibility index (Phi) is 7.36. The molecular weight excluding hydrogens is 476 g/mol. The Hall–Kier alpha value is -3.54. The van der Waals surface area contributed by atoms with Gasteiger partial charge in [-0.05, 0) is 38.1 Å². The summed E-state index contributed by atoms with van der Waals surface area (Å²) in [7, 11) is 1.54. The molecule has 3 aromatic rings. The van der Waals surface area contributed by atoms with Crippen molar-refractivity contribution in [2.24, 2.45) is 4.99 Å². The number of hydrogen-bond donors (Lipinski definition) is 2. The lowest BCUT2D eigenvalue weighted by Gasteiger charge is -2.36. The first kappa shape index (κ1) is 25.1. The normalized spacial score (nSPS) is 20.9. The van der Waals surface area contributed by atoms with Crippen LogP contribution in [0.4, 0.5) is 5.82 Å². The second kappa shape index (κ2) is 10.8. The topological polar surface area (TPSA) is 123 Å². The van der Waals surface area contributed by atoms with E-state index < -0.39 is 12.0 Å². The molecule has 0 bridgehead atoms. The van der Waals surface area contributed by atoms with Gasteiger partial charge in [-0.25, -0.2) is 4.98 Å². The number of fused-ring (bicyclic) bond motifs is 3. The van der Waals surface area contributed by atoms with Crippen LogP contribution < -0.4 is 20.4 Å². The van der Waals surface area contributed by atoms with E-state index in [1.54, 1.807) is 25.4 Å². The van der Waals surface area contributed by atoms with Crippen LogP contribution in [0.5, 0.6) is 11.5 Å². The molecule has 0 saturated carbocycles. The van der Waals surface area contributed by atoms with E-state index >= 15 is 0 Å². The summed E-state index contributed by atoms with van der Waals surface area (Å²) in [6.07, 6.45) is 2.65. The number of morpholine rings is 1. The molecule has 4 heterocycles. The standard InChI is InChI=1S/C26H32N6O5/c1-16-12-31(13-17(2)37-16)14-19(33)15-36-21-7-6-20-22(23(21)35-3)29-26(32-10-9-28-24(20)32)30-25(34)18-5-4-8-27-11-18/h4-8,11,16-17,19,28,33H,9-10,12-15H2,1-3H3/t16-,17?,19-/m1/s1. The molecule has 37 heavy (non-hydrogen) atoms. The highest BCUT2D eigenvalue weighted by Gasteiger charge is 2.25. The number of β-amino-alcohol motifs (C(OH)–C–C–N with tert-alkyl or cyclic N) is 1. The highest BCUT2D eigenvalue weighted by molar-refractivity contribution is 5.96. The van der Waals surface area contributed by atoms with Crippen LogP contribution in [0.1, 0.15) is 24.2 Å². The van der Waals surface area contributed by atoms with Gasteiger partial charge in [0.05, 0.1) is 24.9 Å². The smallest absolute Gasteiger partial charge is 0.281 e. The molecule has 1 fully saturated rings. The zero-order valence-electron chi connectivity index (χ0n) is 21.3. The molecule has 1 unspecified atom stereocenters. The van der Waals surface area contributed by atoms with Crippen LogP contribution in [0.15, 0.2) is 41.7 Å². The second-order valence-electron chi connectivity index (χ2n) is 9.43. The molecule has 1 amide bonds. The third-order valence-corrected chi connectivity index (χ3v) is 6.41. The minimum Gasteiger partial charge on any atom is -0.491 e. The SMILES string of the molecule is COc1c(OC[C@H](O)CN2CC(C)O[C@H](C)C2)ccc2c3n(c(=NC(=O)c4cccnc4)nc12)CCN3. The number of anilines is 1. The first-order valence-corrected chi connectivity index (χ1v) is 12.5. The fourth-order valence-electron chi connectivity index (χ4n) is 4.96. The summed E-state index contributed by atoms with van der Waals surface area (Å²) in [5.74, 6) is 1.25. The van der Waals surface area contributed by atoms with Gasteiger partial charge in [0.2, 0.25) is 5.62 Å². The molecule has 2 aromatic heterocycles. The molecule has 2 N–H and O–H groups in total. The fraction of sp³-hybridized carbons (Fsp3) is 0.462. The maximum atomic E-state index is 12.8. The third-order valence-electron chi connectivity index (χ3n) is 6.41. The van der Waals surface area contributed by atoms with Crippen molar-refractivity contribution in [3.05, 3.63) is 47.8 Å². The summed E-state index contributed by atoms with van der Waals surface area (Å²) in [5, 5.41) is 14.8. The first-order valence-electron chi connectivity index (χ1n) is 12.5. The lowest BCUT2D eigenvalue weighted by molar-refractivity contribution is -0.0787. The molecule has 2 aliphatic heterocycles. The van der Waals surface area contributed by atoms with Crippen molar-refractivity contribution < 1.29 is 24.1 Å². The zero-order chi connectivity index (χ0) is 25.9. The number of carbonyl (C=O) groups excluding carboxylic acids is 1. The number of aromatic nitrogens is 3. The number of hydrogen-bond acceptors (Lipinski definition) is 9. The number of pyridine rings is 1. The predicted octanol–water partition coefficient (Wildman–Crippen LogP) is 1.46. The Bertz CT molecular complexity index is 1330. The van der Waals surface area contributed by atoms with Crippen LogP contribution in [-0.4, -0.2) is 88.7 Å². The van der Waals surface area contributed by atoms with Gasteiger partial charge < -0.3 is 24.6 Å². The quantitative estimate of drug-likeness (QED) is 0.488. The predicted molar refractivity (Wildman–Crippen MR) is 137 cm³/mol. The van der Waals surface area contributed by atoms with Crippen LogP contribution in [0, 0.1) is 0 Å². The van der Waals surface area contributed by atoms with Crippen molar-refractivity contribution in [3.63, 3.8) is 0 Å². The van der Waals surface area contributed by atoms with Crippen LogP contribution in [0.25, 0.3) is 10.9 Å². The third kappa shape index (κ3) is 5.43. The number of nitrogens with one attached hydrogen (secondary N) is 1. The molecule has 5 rings (SSSR count). The number of methoxy groups -OCH3 is 1. The number of nitrogens with zero attached hydrogens (tertiary/aromatic N) is 5. The van der Waals surface area contributed by atoms with Gasteiger partial charge >= 0.3 is 0 Å². The van der Waals surface area contributed by atoms with Crippen LogP contribution >= 0.6 is 0 Å². The monoisotopic (exact) mass is 508 g/mol. The summed E-state index contributed by atoms with van der Waals surface area (Å²) in [4.78, 5) is 28.0. The summed E-state index contributed by atoms with van der Waals surface area (Å²) in [6.45, 7) is 7.50. The number of aliphatic hydroxyl groups excluding tert-OH is 1. The highest BCUT2D eigenvalue weighted by atomic mass is 16.5. The van der Waals surface area contributed by atoms with E-state index in [0.717, 1.165) is 24.3 Å². The van der Waals surface area contributed by atoms with Crippen molar-refractivity contribution in [1.29, 1.82) is 0 Å². The lowest BCUT2D eigenvalue weighted by Crippen LogP contribution is -2.48. The molecule has 1 aromatic carbocycles. The molecule has 11 nitrogen and oxygen atoms in total. The van der Waals surface area contributed by atoms with Gasteiger partial charge in [-0.1, -0.05) is 0 Å². The van der Waals surface area contributed by atoms with Gasteiger partial charge in [-0.15, -0.1) is 0 Å². The number of benzene rings is 1. The molecule has 1 saturated heterocycles. The lowest BCUT2D eigenvalue weighted by atomic mass is 10.2. The Morgan fingerprint density at radius 2 is 2.11 bits per heavy atom. The van der Waals surface area contributed by atoms with Gasteiger partial charge in [0.25, 0.3) is 5.91 Å². The zero-order valence-corrected chi connectivity index (χ0v) is 21.3. The number of carbonyl (C=O) groups is 1. The molecule has 11 heteroatoms. The number of ether oxygens (including phenoxy) is 3. The van der Waals surface area contributed by atoms with Crippen LogP contribution in [0.2, 0.25) is 0 Å². The van der Waals surface area contributed by atoms with Crippen LogP contribution in [-0.2, 0) is 11.3 Å². The van der Waals surface area contributed by atoms with Crippen molar-refractivity contribution in [3.8, 4) is 11.5 Å². The Morgan fingerprint density at radius 1 is 1.30 bits per heavy atom. The summed E-state index contributed by atoms with van der Waals surface area (Å²) in [5.41, 5.74) is 1.17. The number of rotatable bonds is 7. The molecular formula is C26H32N6O5. The van der Waals surface area contributed by atoms with E-state index in [9.17, 15) is 9.90 Å². The average molecular weight is 509 g/mol. The van der Waals surface area contributed by atoms with Crippen molar-refractivity contribution in [2.75, 3.05) is 45.2 Å². The van der Waals surface area contributed by atoms with Crippen LogP contribution in [0.3, 0.4) is 0 Å². The van der Waals surface area contributed by atoms with Gasteiger partial charge in [-0.3, -0.25) is 19.2 Å². The van der Waals surface area contributed by atoms with E-state index in [1.807, 2.05) is 30.5 Å². The summed E-state index contributed by atoms with van der Waals surface area (Å²) >= 11 is 0. The van der Waals surface area contributed by atoms with E-state index in [4.69, 9.17) is 19.2 Å². The Balaban J connectivity index is 1.42. The van der Waals surface area contributed by atoms with Gasteiger partial charge in [0.1, 0.15) is 24.0 Å². The van der Waals surface area contributed by atoms with E-state index in [1.165, 1.54) is 6.20 Å². The Labute approximate surface area is 214 Å². The van der Waals surface area contributed by atoms with Crippen molar-refractivity contribution in [1.82, 2.24) is 19.4 Å². The van der Waals surface area contributed by atoms with E-state index in [-0.39, 0.29) is 24.4 Å². The minimum absolute atomic E-state index is 0.0939. The first-order chi connectivity index (χ1) is 17.9. The summed E-state index contributed by atoms with van der Waals surface area (Å²) < 4.78 is 19.4. The molecule has 3 atom stereocenters. The maximum Gasteiger partial charge on any atom is 0.281 e. The molecule has 0 aliphatic carbocycles. The van der Waals surface area contributed by atoms with Gasteiger partial charge in [0.15, 0.2) is 11.5 Å². The molecule has 0 radical (unpaired) electrons. The number of aliphatic hydroxyl groups is 1. The largest absolute Gasteiger partial charge is 0.491 e.